The molecular weight excluding hydrogens is 474 g/mol. The number of aliphatic hydroxyl groups excluding tert-OH is 1. The van der Waals surface area contributed by atoms with Gasteiger partial charge < -0.3 is 9.84 Å². The third-order valence-corrected chi connectivity index (χ3v) is 6.82. The van der Waals surface area contributed by atoms with Crippen molar-refractivity contribution in [2.24, 2.45) is 0 Å². The Labute approximate surface area is 203 Å². The highest BCUT2D eigenvalue weighted by Gasteiger charge is 2.48. The first kappa shape index (κ1) is 22.1. The van der Waals surface area contributed by atoms with Crippen molar-refractivity contribution in [3.63, 3.8) is 0 Å². The molecule has 1 fully saturated rings. The average molecular weight is 492 g/mol. The maximum atomic E-state index is 13.3. The number of thiazole rings is 1. The van der Waals surface area contributed by atoms with E-state index in [0.717, 1.165) is 4.70 Å². The molecule has 170 valence electrons. The summed E-state index contributed by atoms with van der Waals surface area (Å²) in [7, 11) is 0. The number of ketones is 1. The van der Waals surface area contributed by atoms with E-state index in [0.29, 0.717) is 28.6 Å². The smallest absolute Gasteiger partial charge is 0.301 e. The summed E-state index contributed by atoms with van der Waals surface area (Å²) in [5, 5.41) is 11.9. The fraction of sp³-hybridized carbons (Fsp3) is 0.120. The molecule has 3 heterocycles. The summed E-state index contributed by atoms with van der Waals surface area (Å²) in [6, 6.07) is 14.8. The SMILES string of the molecule is CCOc1ccc(Cl)c(/C(O)=C2\C(=O)C(=O)N(c3nc4ccccc4s3)C2c2ccncc2)c1. The Morgan fingerprint density at radius 1 is 1.15 bits per heavy atom. The molecule has 9 heteroatoms. The van der Waals surface area contributed by atoms with E-state index in [1.165, 1.54) is 16.2 Å². The predicted octanol–water partition coefficient (Wildman–Crippen LogP) is 5.37. The molecule has 1 aliphatic rings. The number of halogens is 1. The zero-order valence-electron chi connectivity index (χ0n) is 17.9. The molecule has 0 radical (unpaired) electrons. The Bertz CT molecular complexity index is 1420. The van der Waals surface area contributed by atoms with Crippen LogP contribution in [0.3, 0.4) is 0 Å². The van der Waals surface area contributed by atoms with Crippen LogP contribution in [0.15, 0.2) is 72.6 Å². The third-order valence-electron chi connectivity index (χ3n) is 5.46. The van der Waals surface area contributed by atoms with Crippen LogP contribution < -0.4 is 9.64 Å². The Morgan fingerprint density at radius 3 is 2.65 bits per heavy atom. The fourth-order valence-corrected chi connectivity index (χ4v) is 5.14. The van der Waals surface area contributed by atoms with Crippen molar-refractivity contribution in [3.05, 3.63) is 88.7 Å². The van der Waals surface area contributed by atoms with Gasteiger partial charge in [-0.15, -0.1) is 0 Å². The number of ether oxygens (including phenoxy) is 1. The van der Waals surface area contributed by atoms with Gasteiger partial charge in [-0.05, 0) is 55.0 Å². The van der Waals surface area contributed by atoms with E-state index < -0.39 is 17.7 Å². The molecule has 2 aromatic heterocycles. The van der Waals surface area contributed by atoms with Gasteiger partial charge in [-0.2, -0.15) is 0 Å². The molecule has 5 rings (SSSR count). The fourth-order valence-electron chi connectivity index (χ4n) is 3.94. The molecule has 0 saturated carbocycles. The van der Waals surface area contributed by atoms with E-state index >= 15 is 0 Å². The van der Waals surface area contributed by atoms with Crippen molar-refractivity contribution in [1.82, 2.24) is 9.97 Å². The van der Waals surface area contributed by atoms with Crippen LogP contribution in [-0.2, 0) is 9.59 Å². The normalized spacial score (nSPS) is 17.5. The molecular formula is C25H18ClN3O4S. The van der Waals surface area contributed by atoms with Gasteiger partial charge in [0.2, 0.25) is 0 Å². The maximum Gasteiger partial charge on any atom is 0.301 e. The van der Waals surface area contributed by atoms with Gasteiger partial charge in [0.1, 0.15) is 11.5 Å². The quantitative estimate of drug-likeness (QED) is 0.229. The van der Waals surface area contributed by atoms with Crippen molar-refractivity contribution in [1.29, 1.82) is 0 Å². The van der Waals surface area contributed by atoms with Crippen LogP contribution in [-0.4, -0.2) is 33.4 Å². The zero-order valence-corrected chi connectivity index (χ0v) is 19.5. The summed E-state index contributed by atoms with van der Waals surface area (Å²) in [5.41, 5.74) is 1.44. The summed E-state index contributed by atoms with van der Waals surface area (Å²) in [6.45, 7) is 2.25. The van der Waals surface area contributed by atoms with Crippen molar-refractivity contribution in [3.8, 4) is 5.75 Å². The van der Waals surface area contributed by atoms with Crippen LogP contribution in [0.2, 0.25) is 5.02 Å². The van der Waals surface area contributed by atoms with Crippen LogP contribution in [0.25, 0.3) is 16.0 Å². The highest BCUT2D eigenvalue weighted by molar-refractivity contribution is 7.22. The number of amides is 1. The lowest BCUT2D eigenvalue weighted by Gasteiger charge is -2.22. The molecule has 0 bridgehead atoms. The van der Waals surface area contributed by atoms with E-state index in [2.05, 4.69) is 9.97 Å². The number of para-hydroxylation sites is 1. The Balaban J connectivity index is 1.73. The van der Waals surface area contributed by atoms with Crippen molar-refractivity contribution < 1.29 is 19.4 Å². The summed E-state index contributed by atoms with van der Waals surface area (Å²) in [6.07, 6.45) is 3.13. The molecule has 2 aromatic carbocycles. The number of fused-ring (bicyclic) bond motifs is 1. The van der Waals surface area contributed by atoms with Crippen LogP contribution in [0.5, 0.6) is 5.75 Å². The van der Waals surface area contributed by atoms with Gasteiger partial charge in [-0.1, -0.05) is 35.1 Å². The van der Waals surface area contributed by atoms with Crippen molar-refractivity contribution in [2.75, 3.05) is 11.5 Å². The molecule has 0 spiro atoms. The number of benzene rings is 2. The highest BCUT2D eigenvalue weighted by atomic mass is 35.5. The van der Waals surface area contributed by atoms with Gasteiger partial charge in [0.05, 0.1) is 33.5 Å². The zero-order chi connectivity index (χ0) is 23.8. The average Bonchev–Trinajstić information content (AvgIpc) is 3.39. The largest absolute Gasteiger partial charge is 0.507 e. The standard InChI is InChI=1S/C25H18ClN3O4S/c1-2-33-15-7-8-17(26)16(13-15)22(30)20-21(14-9-11-27-12-10-14)29(24(32)23(20)31)25-28-18-5-3-4-6-19(18)34-25/h3-13,21,30H,2H2,1H3/b22-20+. The predicted molar refractivity (Wildman–Crippen MR) is 131 cm³/mol. The topological polar surface area (TPSA) is 92.6 Å². The lowest BCUT2D eigenvalue weighted by molar-refractivity contribution is -0.132. The summed E-state index contributed by atoms with van der Waals surface area (Å²) < 4.78 is 6.40. The van der Waals surface area contributed by atoms with E-state index in [4.69, 9.17) is 16.3 Å². The Hall–Kier alpha value is -3.75. The Kier molecular flexibility index (Phi) is 5.77. The summed E-state index contributed by atoms with van der Waals surface area (Å²) >= 11 is 7.67. The van der Waals surface area contributed by atoms with Gasteiger partial charge in [0.25, 0.3) is 5.78 Å². The molecule has 1 amide bonds. The van der Waals surface area contributed by atoms with E-state index in [9.17, 15) is 14.7 Å². The molecule has 1 N–H and O–H groups in total. The number of anilines is 1. The molecule has 1 unspecified atom stereocenters. The number of aromatic nitrogens is 2. The van der Waals surface area contributed by atoms with Gasteiger partial charge in [-0.3, -0.25) is 19.5 Å². The monoisotopic (exact) mass is 491 g/mol. The van der Waals surface area contributed by atoms with Crippen LogP contribution in [0.4, 0.5) is 5.13 Å². The molecule has 7 nitrogen and oxygen atoms in total. The van der Waals surface area contributed by atoms with Crippen molar-refractivity contribution in [2.45, 2.75) is 13.0 Å². The molecule has 1 saturated heterocycles. The number of aliphatic hydroxyl groups is 1. The lowest BCUT2D eigenvalue weighted by Crippen LogP contribution is -2.29. The first-order valence-corrected chi connectivity index (χ1v) is 11.7. The van der Waals surface area contributed by atoms with Crippen LogP contribution in [0, 0.1) is 0 Å². The minimum atomic E-state index is -0.907. The minimum absolute atomic E-state index is 0.0778. The first-order chi connectivity index (χ1) is 16.5. The van der Waals surface area contributed by atoms with Gasteiger partial charge in [0, 0.05) is 18.0 Å². The first-order valence-electron chi connectivity index (χ1n) is 10.5. The molecule has 1 aliphatic heterocycles. The minimum Gasteiger partial charge on any atom is -0.507 e. The second-order valence-corrected chi connectivity index (χ2v) is 8.90. The van der Waals surface area contributed by atoms with Gasteiger partial charge in [0.15, 0.2) is 5.13 Å². The van der Waals surface area contributed by atoms with Crippen molar-refractivity contribution >= 4 is 55.7 Å². The number of rotatable bonds is 5. The van der Waals surface area contributed by atoms with Crippen LogP contribution >= 0.6 is 22.9 Å². The number of carbonyl (C=O) groups is 2. The highest BCUT2D eigenvalue weighted by Crippen LogP contribution is 2.45. The number of hydrogen-bond donors (Lipinski definition) is 1. The lowest BCUT2D eigenvalue weighted by atomic mass is 9.96. The number of carbonyl (C=O) groups excluding carboxylic acids is 2. The second-order valence-electron chi connectivity index (χ2n) is 7.49. The molecule has 0 aliphatic carbocycles. The molecule has 4 aromatic rings. The third kappa shape index (κ3) is 3.70. The maximum absolute atomic E-state index is 13.3. The summed E-state index contributed by atoms with van der Waals surface area (Å²) in [5.74, 6) is -1.50. The molecule has 1 atom stereocenters. The second kappa shape index (κ2) is 8.89. The number of nitrogens with zero attached hydrogens (tertiary/aromatic N) is 3. The van der Waals surface area contributed by atoms with E-state index in [-0.39, 0.29) is 21.9 Å². The Morgan fingerprint density at radius 2 is 1.91 bits per heavy atom. The van der Waals surface area contributed by atoms with Gasteiger partial charge >= 0.3 is 5.91 Å². The number of Topliss-reactive ketones (excluding diaryl/α,β-unsaturated/α-hetero) is 1. The van der Waals surface area contributed by atoms with E-state index in [1.54, 1.807) is 42.7 Å². The number of pyridine rings is 1. The van der Waals surface area contributed by atoms with Gasteiger partial charge in [-0.25, -0.2) is 4.98 Å². The van der Waals surface area contributed by atoms with Crippen LogP contribution in [0.1, 0.15) is 24.1 Å². The number of hydrogen-bond acceptors (Lipinski definition) is 7. The van der Waals surface area contributed by atoms with E-state index in [1.807, 2.05) is 31.2 Å². The summed E-state index contributed by atoms with van der Waals surface area (Å²) in [4.78, 5) is 36.5. The molecule has 34 heavy (non-hydrogen) atoms.